The summed E-state index contributed by atoms with van der Waals surface area (Å²) >= 11 is 0. The molecule has 0 atom stereocenters. The van der Waals surface area contributed by atoms with Gasteiger partial charge in [-0.3, -0.25) is 0 Å². The number of nitrogens with zero attached hydrogens (tertiary/aromatic N) is 6. The average molecular weight is 420 g/mol. The Balaban J connectivity index is 1.44. The number of fused-ring (bicyclic) bond motifs is 1. The zero-order valence-corrected chi connectivity index (χ0v) is 17.4. The largest absolute Gasteiger partial charge is 0.486 e. The van der Waals surface area contributed by atoms with Gasteiger partial charge in [0.2, 0.25) is 12.1 Å². The predicted molar refractivity (Wildman–Crippen MR) is 120 cm³/mol. The zero-order valence-electron chi connectivity index (χ0n) is 17.4. The van der Waals surface area contributed by atoms with E-state index in [4.69, 9.17) is 4.74 Å². The van der Waals surface area contributed by atoms with Crippen molar-refractivity contribution in [3.63, 3.8) is 0 Å². The molecule has 5 rings (SSSR count). The average Bonchev–Trinajstić information content (AvgIpc) is 2.85. The van der Waals surface area contributed by atoms with Crippen LogP contribution in [0.25, 0.3) is 11.1 Å². The van der Waals surface area contributed by atoms with E-state index < -0.39 is 5.60 Å². The highest BCUT2D eigenvalue weighted by atomic mass is 16.5. The summed E-state index contributed by atoms with van der Waals surface area (Å²) in [5.74, 6) is 1.48. The molecular weight excluding hydrogens is 400 g/mol. The molecule has 0 bridgehead atoms. The maximum Gasteiger partial charge on any atom is 0.225 e. The van der Waals surface area contributed by atoms with E-state index in [1.807, 2.05) is 48.7 Å². The van der Waals surface area contributed by atoms with Crippen LogP contribution in [0.5, 0.6) is 5.75 Å². The van der Waals surface area contributed by atoms with Crippen LogP contribution in [-0.4, -0.2) is 34.4 Å². The van der Waals surface area contributed by atoms with Gasteiger partial charge >= 0.3 is 0 Å². The lowest BCUT2D eigenvalue weighted by molar-refractivity contribution is 0.0447. The van der Waals surface area contributed by atoms with Gasteiger partial charge in [0, 0.05) is 50.3 Å². The molecule has 3 aromatic rings. The number of anilines is 1. The lowest BCUT2D eigenvalue weighted by atomic mass is 9.81. The van der Waals surface area contributed by atoms with Gasteiger partial charge < -0.3 is 9.64 Å². The van der Waals surface area contributed by atoms with Crippen LogP contribution in [0.15, 0.2) is 65.9 Å². The molecule has 1 aromatic heterocycles. The molecule has 32 heavy (non-hydrogen) atoms. The van der Waals surface area contributed by atoms with Crippen molar-refractivity contribution in [2.24, 2.45) is 4.99 Å². The summed E-state index contributed by atoms with van der Waals surface area (Å²) in [7, 11) is 0. The van der Waals surface area contributed by atoms with Gasteiger partial charge in [0.25, 0.3) is 0 Å². The minimum Gasteiger partial charge on any atom is -0.486 e. The van der Waals surface area contributed by atoms with E-state index in [0.717, 1.165) is 60.0 Å². The monoisotopic (exact) mass is 420 g/mol. The number of aliphatic imine (C=N–C) groups is 1. The fourth-order valence-corrected chi connectivity index (χ4v) is 4.47. The molecule has 0 saturated carbocycles. The van der Waals surface area contributed by atoms with Gasteiger partial charge in [-0.25, -0.2) is 9.97 Å². The molecule has 0 amide bonds. The Morgan fingerprint density at radius 2 is 1.75 bits per heavy atom. The molecule has 0 N–H and O–H groups in total. The molecule has 0 aliphatic carbocycles. The summed E-state index contributed by atoms with van der Waals surface area (Å²) in [6, 6.07) is 17.4. The van der Waals surface area contributed by atoms with Gasteiger partial charge in [-0.2, -0.15) is 15.5 Å². The fourth-order valence-electron chi connectivity index (χ4n) is 4.47. The molecule has 2 aliphatic rings. The van der Waals surface area contributed by atoms with Crippen molar-refractivity contribution in [3.8, 4) is 29.1 Å². The SMILES string of the molecule is N#CN=C1CC2(CCN(c3ncccn3)CC2)Oc2ccc(-c3cccc(C#N)c3)cc21. The Bertz CT molecular complexity index is 1260. The van der Waals surface area contributed by atoms with Crippen molar-refractivity contribution in [1.29, 1.82) is 10.5 Å². The van der Waals surface area contributed by atoms with Crippen LogP contribution in [0, 0.1) is 22.8 Å². The van der Waals surface area contributed by atoms with Crippen LogP contribution in [0.4, 0.5) is 5.95 Å². The molecule has 0 unspecified atom stereocenters. The number of piperidine rings is 1. The van der Waals surface area contributed by atoms with Gasteiger partial charge in [0.15, 0.2) is 0 Å². The molecule has 2 aliphatic heterocycles. The minimum atomic E-state index is -0.393. The van der Waals surface area contributed by atoms with E-state index in [0.29, 0.717) is 12.0 Å². The van der Waals surface area contributed by atoms with Crippen LogP contribution < -0.4 is 9.64 Å². The quantitative estimate of drug-likeness (QED) is 0.579. The van der Waals surface area contributed by atoms with Crippen LogP contribution in [-0.2, 0) is 0 Å². The Kier molecular flexibility index (Phi) is 5.01. The number of ether oxygens (including phenoxy) is 1. The highest BCUT2D eigenvalue weighted by Gasteiger charge is 2.42. The Hall–Kier alpha value is -4.23. The molecule has 3 heterocycles. The van der Waals surface area contributed by atoms with E-state index in [1.165, 1.54) is 0 Å². The third kappa shape index (κ3) is 3.66. The second-order valence-corrected chi connectivity index (χ2v) is 8.06. The number of hydrogen-bond acceptors (Lipinski definition) is 7. The minimum absolute atomic E-state index is 0.393. The van der Waals surface area contributed by atoms with Crippen molar-refractivity contribution >= 4 is 11.7 Å². The third-order valence-corrected chi connectivity index (χ3v) is 6.13. The smallest absolute Gasteiger partial charge is 0.225 e. The normalized spacial score (nSPS) is 17.8. The predicted octanol–water partition coefficient (Wildman–Crippen LogP) is 4.11. The summed E-state index contributed by atoms with van der Waals surface area (Å²) in [5.41, 5.74) is 3.70. The van der Waals surface area contributed by atoms with Crippen LogP contribution in [0.3, 0.4) is 0 Å². The van der Waals surface area contributed by atoms with E-state index in [9.17, 15) is 10.5 Å². The number of hydrogen-bond donors (Lipinski definition) is 0. The second kappa shape index (κ2) is 8.13. The first kappa shape index (κ1) is 19.7. The molecule has 156 valence electrons. The van der Waals surface area contributed by atoms with Crippen molar-refractivity contribution in [3.05, 3.63) is 72.1 Å². The van der Waals surface area contributed by atoms with E-state index in [2.05, 4.69) is 25.9 Å². The molecule has 1 saturated heterocycles. The molecular formula is C25H20N6O. The second-order valence-electron chi connectivity index (χ2n) is 8.06. The molecule has 7 nitrogen and oxygen atoms in total. The Morgan fingerprint density at radius 1 is 0.969 bits per heavy atom. The summed E-state index contributed by atoms with van der Waals surface area (Å²) in [5, 5.41) is 18.5. The van der Waals surface area contributed by atoms with Gasteiger partial charge in [0.05, 0.1) is 17.3 Å². The van der Waals surface area contributed by atoms with Gasteiger partial charge in [-0.1, -0.05) is 18.2 Å². The Morgan fingerprint density at radius 3 is 2.50 bits per heavy atom. The fraction of sp³-hybridized carbons (Fsp3) is 0.240. The van der Waals surface area contributed by atoms with Crippen LogP contribution in [0.2, 0.25) is 0 Å². The lowest BCUT2D eigenvalue weighted by Crippen LogP contribution is -2.51. The highest BCUT2D eigenvalue weighted by Crippen LogP contribution is 2.41. The summed E-state index contributed by atoms with van der Waals surface area (Å²) < 4.78 is 6.55. The number of rotatable bonds is 2. The molecule has 1 fully saturated rings. The first-order valence-electron chi connectivity index (χ1n) is 10.5. The number of benzene rings is 2. The molecule has 2 aromatic carbocycles. The number of nitriles is 2. The van der Waals surface area contributed by atoms with Crippen molar-refractivity contribution in [2.75, 3.05) is 18.0 Å². The highest BCUT2D eigenvalue weighted by molar-refractivity contribution is 6.05. The number of aromatic nitrogens is 2. The summed E-state index contributed by atoms with van der Waals surface area (Å²) in [6.45, 7) is 1.55. The van der Waals surface area contributed by atoms with Gasteiger partial charge in [-0.15, -0.1) is 0 Å². The maximum absolute atomic E-state index is 9.34. The van der Waals surface area contributed by atoms with E-state index in [-0.39, 0.29) is 0 Å². The Labute approximate surface area is 186 Å². The van der Waals surface area contributed by atoms with Crippen molar-refractivity contribution in [1.82, 2.24) is 9.97 Å². The summed E-state index contributed by atoms with van der Waals surface area (Å²) in [4.78, 5) is 15.0. The van der Waals surface area contributed by atoms with Crippen molar-refractivity contribution < 1.29 is 4.74 Å². The van der Waals surface area contributed by atoms with E-state index >= 15 is 0 Å². The first-order chi connectivity index (χ1) is 15.7. The molecule has 1 spiro atoms. The standard InChI is InChI=1S/C25H20N6O/c26-16-18-3-1-4-19(13-18)20-5-6-23-21(14-20)22(30-17-27)15-25(32-23)7-11-31(12-8-25)24-28-9-2-10-29-24/h1-6,9-10,13-14H,7-8,11-12,15H2. The maximum atomic E-state index is 9.34. The first-order valence-corrected chi connectivity index (χ1v) is 10.5. The lowest BCUT2D eigenvalue weighted by Gasteiger charge is -2.44. The molecule has 7 heteroatoms. The topological polar surface area (TPSA) is 98.2 Å². The van der Waals surface area contributed by atoms with Crippen LogP contribution in [0.1, 0.15) is 30.4 Å². The van der Waals surface area contributed by atoms with Crippen LogP contribution >= 0.6 is 0 Å². The van der Waals surface area contributed by atoms with Gasteiger partial charge in [-0.05, 0) is 41.5 Å². The summed E-state index contributed by atoms with van der Waals surface area (Å²) in [6.07, 6.45) is 7.64. The van der Waals surface area contributed by atoms with Gasteiger partial charge in [0.1, 0.15) is 11.4 Å². The molecule has 0 radical (unpaired) electrons. The third-order valence-electron chi connectivity index (χ3n) is 6.13. The zero-order chi connectivity index (χ0) is 22.0. The van der Waals surface area contributed by atoms with Crippen molar-refractivity contribution in [2.45, 2.75) is 24.9 Å². The van der Waals surface area contributed by atoms with E-state index in [1.54, 1.807) is 18.5 Å².